The van der Waals surface area contributed by atoms with Crippen LogP contribution in [0.25, 0.3) is 0 Å². The van der Waals surface area contributed by atoms with Crippen LogP contribution in [0.2, 0.25) is 0 Å². The van der Waals surface area contributed by atoms with Crippen molar-refractivity contribution in [2.75, 3.05) is 6.54 Å². The van der Waals surface area contributed by atoms with Crippen LogP contribution in [0, 0.1) is 6.92 Å². The van der Waals surface area contributed by atoms with E-state index < -0.39 is 0 Å². The zero-order valence-corrected chi connectivity index (χ0v) is 8.83. The Balaban J connectivity index is 1.90. The summed E-state index contributed by atoms with van der Waals surface area (Å²) in [6.07, 6.45) is 1.50. The minimum Gasteiger partial charge on any atom is -0.423 e. The Morgan fingerprint density at radius 1 is 1.44 bits per heavy atom. The van der Waals surface area contributed by atoms with Crippen LogP contribution in [0.1, 0.15) is 30.7 Å². The van der Waals surface area contributed by atoms with Gasteiger partial charge in [0.25, 0.3) is 0 Å². The van der Waals surface area contributed by atoms with Crippen LogP contribution in [0.4, 0.5) is 4.79 Å². The predicted molar refractivity (Wildman–Crippen MR) is 50.5 cm³/mol. The van der Waals surface area contributed by atoms with E-state index in [1.54, 1.807) is 11.8 Å². The number of amides is 2. The van der Waals surface area contributed by atoms with E-state index >= 15 is 0 Å². The molecule has 2 bridgehead atoms. The fourth-order valence-corrected chi connectivity index (χ4v) is 2.35. The molecule has 0 aliphatic carbocycles. The molecular formula is C9H12N4O3. The summed E-state index contributed by atoms with van der Waals surface area (Å²) in [5.74, 6) is 0.948. The van der Waals surface area contributed by atoms with Crippen LogP contribution < -0.4 is 0 Å². The second-order valence-corrected chi connectivity index (χ2v) is 4.19. The van der Waals surface area contributed by atoms with Gasteiger partial charge in [0, 0.05) is 13.5 Å². The first-order chi connectivity index (χ1) is 7.66. The molecule has 2 aliphatic rings. The molecule has 0 unspecified atom stereocenters. The average Bonchev–Trinajstić information content (AvgIpc) is 2.80. The molecule has 1 aromatic rings. The molecule has 2 saturated heterocycles. The minimum absolute atomic E-state index is 0.0900. The Labute approximate surface area is 91.6 Å². The highest BCUT2D eigenvalue weighted by Crippen LogP contribution is 2.36. The van der Waals surface area contributed by atoms with Gasteiger partial charge in [-0.25, -0.2) is 9.86 Å². The Hall–Kier alpha value is -1.63. The molecule has 0 aromatic carbocycles. The van der Waals surface area contributed by atoms with Crippen LogP contribution in [-0.2, 0) is 0 Å². The standard InChI is InChI=1S/C9H12N4O3/c1-5-10-11-8(16-5)7-3-2-6-4-12(7)9(14)13(6)15/h6-7,15H,2-4H2,1H3/t6-,7+/m1/s1. The van der Waals surface area contributed by atoms with Crippen molar-refractivity contribution in [3.8, 4) is 0 Å². The van der Waals surface area contributed by atoms with E-state index in [1.807, 2.05) is 0 Å². The SMILES string of the molecule is Cc1nnc([C@@H]2CC[C@@H]3CN2C(=O)N3O)o1. The molecular weight excluding hydrogens is 212 g/mol. The van der Waals surface area contributed by atoms with Gasteiger partial charge in [0.2, 0.25) is 11.8 Å². The number of hydrogen-bond donors (Lipinski definition) is 1. The Morgan fingerprint density at radius 3 is 2.94 bits per heavy atom. The van der Waals surface area contributed by atoms with Gasteiger partial charge < -0.3 is 9.32 Å². The maximum atomic E-state index is 11.7. The van der Waals surface area contributed by atoms with E-state index in [2.05, 4.69) is 10.2 Å². The molecule has 0 radical (unpaired) electrons. The lowest BCUT2D eigenvalue weighted by molar-refractivity contribution is -0.0584. The number of rotatable bonds is 1. The molecule has 3 rings (SSSR count). The van der Waals surface area contributed by atoms with Crippen LogP contribution >= 0.6 is 0 Å². The molecule has 2 fully saturated rings. The van der Waals surface area contributed by atoms with Crippen LogP contribution in [0.5, 0.6) is 0 Å². The third-order valence-corrected chi connectivity index (χ3v) is 3.17. The van der Waals surface area contributed by atoms with E-state index in [1.165, 1.54) is 0 Å². The number of aryl methyl sites for hydroxylation is 1. The zero-order chi connectivity index (χ0) is 11.3. The van der Waals surface area contributed by atoms with Crippen LogP contribution in [0.15, 0.2) is 4.42 Å². The van der Waals surface area contributed by atoms with Gasteiger partial charge in [0.05, 0.1) is 6.04 Å². The van der Waals surface area contributed by atoms with Gasteiger partial charge in [-0.05, 0) is 12.8 Å². The van der Waals surface area contributed by atoms with Crippen LogP contribution in [0.3, 0.4) is 0 Å². The lowest BCUT2D eigenvalue weighted by Crippen LogP contribution is -2.34. The molecule has 2 amide bonds. The summed E-state index contributed by atoms with van der Waals surface area (Å²) >= 11 is 0. The first-order valence-corrected chi connectivity index (χ1v) is 5.25. The van der Waals surface area contributed by atoms with E-state index in [-0.39, 0.29) is 18.1 Å². The van der Waals surface area contributed by atoms with Crippen molar-refractivity contribution >= 4 is 6.03 Å². The van der Waals surface area contributed by atoms with Crippen molar-refractivity contribution in [1.82, 2.24) is 20.2 Å². The Kier molecular flexibility index (Phi) is 1.90. The number of nitrogens with zero attached hydrogens (tertiary/aromatic N) is 4. The van der Waals surface area contributed by atoms with Gasteiger partial charge in [0.15, 0.2) is 0 Å². The van der Waals surface area contributed by atoms with E-state index in [0.717, 1.165) is 17.9 Å². The van der Waals surface area contributed by atoms with Crippen molar-refractivity contribution in [3.63, 3.8) is 0 Å². The fourth-order valence-electron chi connectivity index (χ4n) is 2.35. The van der Waals surface area contributed by atoms with Gasteiger partial charge >= 0.3 is 6.03 Å². The van der Waals surface area contributed by atoms with E-state index in [0.29, 0.717) is 18.3 Å². The molecule has 3 heterocycles. The number of aromatic nitrogens is 2. The molecule has 7 nitrogen and oxygen atoms in total. The van der Waals surface area contributed by atoms with Crippen molar-refractivity contribution in [1.29, 1.82) is 0 Å². The number of carbonyl (C=O) groups excluding carboxylic acids is 1. The summed E-state index contributed by atoms with van der Waals surface area (Å²) in [6, 6.07) is -0.654. The molecule has 2 aliphatic heterocycles. The highest BCUT2D eigenvalue weighted by molar-refractivity contribution is 5.76. The third kappa shape index (κ3) is 1.21. The second-order valence-electron chi connectivity index (χ2n) is 4.19. The largest absolute Gasteiger partial charge is 0.423 e. The van der Waals surface area contributed by atoms with E-state index in [9.17, 15) is 10.0 Å². The van der Waals surface area contributed by atoms with E-state index in [4.69, 9.17) is 4.42 Å². The number of fused-ring (bicyclic) bond motifs is 2. The minimum atomic E-state index is -0.372. The van der Waals surface area contributed by atoms with Gasteiger partial charge in [-0.2, -0.15) is 0 Å². The first-order valence-electron chi connectivity index (χ1n) is 5.25. The summed E-state index contributed by atoms with van der Waals surface area (Å²) in [5.41, 5.74) is 0. The average molecular weight is 224 g/mol. The lowest BCUT2D eigenvalue weighted by Gasteiger charge is -2.27. The Bertz CT molecular complexity index is 432. The summed E-state index contributed by atoms with van der Waals surface area (Å²) in [6.45, 7) is 2.24. The van der Waals surface area contributed by atoms with Gasteiger partial charge in [-0.15, -0.1) is 10.2 Å². The maximum absolute atomic E-state index is 11.7. The zero-order valence-electron chi connectivity index (χ0n) is 8.83. The van der Waals surface area contributed by atoms with Crippen LogP contribution in [-0.4, -0.2) is 44.0 Å². The molecule has 86 valence electrons. The number of carbonyl (C=O) groups is 1. The third-order valence-electron chi connectivity index (χ3n) is 3.17. The molecule has 2 atom stereocenters. The molecule has 1 aromatic heterocycles. The second kappa shape index (κ2) is 3.18. The number of hydroxylamine groups is 2. The molecule has 7 heteroatoms. The molecule has 1 N–H and O–H groups in total. The number of hydrogen-bond acceptors (Lipinski definition) is 5. The number of urea groups is 1. The summed E-state index contributed by atoms with van der Waals surface area (Å²) < 4.78 is 5.34. The molecule has 0 saturated carbocycles. The molecule has 0 spiro atoms. The topological polar surface area (TPSA) is 82.7 Å². The van der Waals surface area contributed by atoms with Crippen molar-refractivity contribution in [2.45, 2.75) is 31.8 Å². The van der Waals surface area contributed by atoms with Crippen molar-refractivity contribution in [2.24, 2.45) is 0 Å². The quantitative estimate of drug-likeness (QED) is 0.710. The van der Waals surface area contributed by atoms with Crippen molar-refractivity contribution < 1.29 is 14.4 Å². The summed E-state index contributed by atoms with van der Waals surface area (Å²) in [7, 11) is 0. The van der Waals surface area contributed by atoms with Crippen molar-refractivity contribution in [3.05, 3.63) is 11.8 Å². The number of piperidine rings is 1. The Morgan fingerprint density at radius 2 is 2.25 bits per heavy atom. The lowest BCUT2D eigenvalue weighted by atomic mass is 10.0. The highest BCUT2D eigenvalue weighted by atomic mass is 16.5. The highest BCUT2D eigenvalue weighted by Gasteiger charge is 2.46. The summed E-state index contributed by atoms with van der Waals surface area (Å²) in [4.78, 5) is 13.3. The smallest absolute Gasteiger partial charge is 0.344 e. The fraction of sp³-hybridized carbons (Fsp3) is 0.667. The maximum Gasteiger partial charge on any atom is 0.344 e. The first kappa shape index (κ1) is 9.59. The van der Waals surface area contributed by atoms with Gasteiger partial charge in [-0.1, -0.05) is 0 Å². The molecule has 16 heavy (non-hydrogen) atoms. The normalized spacial score (nSPS) is 29.0. The summed E-state index contributed by atoms with van der Waals surface area (Å²) in [5, 5.41) is 18.0. The monoisotopic (exact) mass is 224 g/mol. The van der Waals surface area contributed by atoms with Gasteiger partial charge in [-0.3, -0.25) is 5.21 Å². The van der Waals surface area contributed by atoms with Gasteiger partial charge in [0.1, 0.15) is 6.04 Å². The predicted octanol–water partition coefficient (Wildman–Crippen LogP) is 0.708.